The molecule has 24 heavy (non-hydrogen) atoms. The summed E-state index contributed by atoms with van der Waals surface area (Å²) in [5.41, 5.74) is 0.903. The zero-order chi connectivity index (χ0) is 17.7. The van der Waals surface area contributed by atoms with Crippen LogP contribution < -0.4 is 10.6 Å². The fraction of sp³-hybridized carbons (Fsp3) is 0.235. The number of nitrogens with one attached hydrogen (secondary N) is 2. The normalized spacial score (nSPS) is 11.2. The number of aryl methyl sites for hydroxylation is 1. The Morgan fingerprint density at radius 3 is 2.58 bits per heavy atom. The molecule has 7 heteroatoms. The van der Waals surface area contributed by atoms with E-state index in [1.54, 1.807) is 0 Å². The molecule has 1 amide bonds. The Balaban J connectivity index is 1.95. The van der Waals surface area contributed by atoms with E-state index in [2.05, 4.69) is 10.6 Å². The second kappa shape index (κ2) is 7.57. The van der Waals surface area contributed by atoms with Crippen molar-refractivity contribution < 1.29 is 18.0 Å². The summed E-state index contributed by atoms with van der Waals surface area (Å²) in [6, 6.07) is 11.0. The summed E-state index contributed by atoms with van der Waals surface area (Å²) in [5, 5.41) is 5.14. The molecule has 0 radical (unpaired) electrons. The van der Waals surface area contributed by atoms with Crippen molar-refractivity contribution in [1.29, 1.82) is 0 Å². The van der Waals surface area contributed by atoms with Crippen LogP contribution in [0.25, 0.3) is 0 Å². The van der Waals surface area contributed by atoms with E-state index in [1.165, 1.54) is 12.1 Å². The first kappa shape index (κ1) is 18.1. The first-order chi connectivity index (χ1) is 11.3. The predicted molar refractivity (Wildman–Crippen MR) is 88.0 cm³/mol. The third-order valence-corrected chi connectivity index (χ3v) is 3.53. The van der Waals surface area contributed by atoms with Crippen molar-refractivity contribution in [3.8, 4) is 0 Å². The maximum absolute atomic E-state index is 13.0. The van der Waals surface area contributed by atoms with E-state index in [0.29, 0.717) is 6.54 Å². The Kier molecular flexibility index (Phi) is 5.72. The zero-order valence-corrected chi connectivity index (χ0v) is 13.6. The van der Waals surface area contributed by atoms with Gasteiger partial charge in [-0.1, -0.05) is 41.4 Å². The topological polar surface area (TPSA) is 41.1 Å². The summed E-state index contributed by atoms with van der Waals surface area (Å²) in [7, 11) is 0. The van der Waals surface area contributed by atoms with Gasteiger partial charge in [-0.05, 0) is 30.7 Å². The molecule has 0 saturated carbocycles. The van der Waals surface area contributed by atoms with Gasteiger partial charge in [0.1, 0.15) is 0 Å². The minimum atomic E-state index is -4.55. The van der Waals surface area contributed by atoms with Crippen molar-refractivity contribution >= 4 is 23.2 Å². The largest absolute Gasteiger partial charge is 0.418 e. The number of halogens is 4. The van der Waals surface area contributed by atoms with Gasteiger partial charge >= 0.3 is 6.18 Å². The van der Waals surface area contributed by atoms with Gasteiger partial charge in [0.2, 0.25) is 5.91 Å². The SMILES string of the molecule is Cc1cccc(CNC(=O)CNc2ccc(Cl)cc2C(F)(F)F)c1. The lowest BCUT2D eigenvalue weighted by Gasteiger charge is -2.15. The van der Waals surface area contributed by atoms with Crippen molar-refractivity contribution in [1.82, 2.24) is 5.32 Å². The van der Waals surface area contributed by atoms with Gasteiger partial charge in [0.25, 0.3) is 0 Å². The highest BCUT2D eigenvalue weighted by molar-refractivity contribution is 6.30. The summed E-state index contributed by atoms with van der Waals surface area (Å²) >= 11 is 5.61. The van der Waals surface area contributed by atoms with Crippen LogP contribution in [0.4, 0.5) is 18.9 Å². The molecule has 0 aromatic heterocycles. The monoisotopic (exact) mass is 356 g/mol. The van der Waals surface area contributed by atoms with E-state index in [9.17, 15) is 18.0 Å². The molecule has 128 valence electrons. The Morgan fingerprint density at radius 1 is 1.17 bits per heavy atom. The highest BCUT2D eigenvalue weighted by Crippen LogP contribution is 2.36. The van der Waals surface area contributed by atoms with Crippen LogP contribution in [0.5, 0.6) is 0 Å². The van der Waals surface area contributed by atoms with Gasteiger partial charge in [-0.15, -0.1) is 0 Å². The van der Waals surface area contributed by atoms with Crippen LogP contribution >= 0.6 is 11.6 Å². The molecule has 0 unspecified atom stereocenters. The van der Waals surface area contributed by atoms with Crippen LogP contribution in [0, 0.1) is 6.92 Å². The number of benzene rings is 2. The Labute approximate surface area is 142 Å². The minimum absolute atomic E-state index is 0.0169. The van der Waals surface area contributed by atoms with Gasteiger partial charge in [-0.3, -0.25) is 4.79 Å². The molecule has 0 aliphatic heterocycles. The molecule has 0 heterocycles. The molecule has 0 fully saturated rings. The van der Waals surface area contributed by atoms with Crippen molar-refractivity contribution in [2.45, 2.75) is 19.6 Å². The molecule has 0 aliphatic carbocycles. The standard InChI is InChI=1S/C17H16ClF3N2O/c1-11-3-2-4-12(7-11)9-23-16(24)10-22-15-6-5-13(18)8-14(15)17(19,20)21/h2-8,22H,9-10H2,1H3,(H,23,24). The maximum atomic E-state index is 13.0. The fourth-order valence-corrected chi connectivity index (χ4v) is 2.34. The molecule has 2 rings (SSSR count). The van der Waals surface area contributed by atoms with Gasteiger partial charge in [0.15, 0.2) is 0 Å². The molecule has 2 aromatic rings. The van der Waals surface area contributed by atoms with Crippen LogP contribution in [0.1, 0.15) is 16.7 Å². The molecule has 0 spiro atoms. The van der Waals surface area contributed by atoms with E-state index < -0.39 is 17.6 Å². The number of carbonyl (C=O) groups is 1. The second-order valence-electron chi connectivity index (χ2n) is 5.31. The average molecular weight is 357 g/mol. The molecule has 2 N–H and O–H groups in total. The molecule has 0 saturated heterocycles. The van der Waals surface area contributed by atoms with Crippen molar-refractivity contribution in [3.05, 3.63) is 64.2 Å². The Morgan fingerprint density at radius 2 is 1.92 bits per heavy atom. The summed E-state index contributed by atoms with van der Waals surface area (Å²) < 4.78 is 38.9. The van der Waals surface area contributed by atoms with E-state index in [0.717, 1.165) is 17.2 Å². The van der Waals surface area contributed by atoms with Crippen LogP contribution in [0.3, 0.4) is 0 Å². The number of hydrogen-bond donors (Lipinski definition) is 2. The third-order valence-electron chi connectivity index (χ3n) is 3.30. The van der Waals surface area contributed by atoms with Crippen LogP contribution in [0.15, 0.2) is 42.5 Å². The number of rotatable bonds is 5. The molecular formula is C17H16ClF3N2O. The maximum Gasteiger partial charge on any atom is 0.418 e. The van der Waals surface area contributed by atoms with Gasteiger partial charge in [0, 0.05) is 17.3 Å². The predicted octanol–water partition coefficient (Wildman–Crippen LogP) is 4.40. The summed E-state index contributed by atoms with van der Waals surface area (Å²) in [6.07, 6.45) is -4.55. The van der Waals surface area contributed by atoms with Crippen molar-refractivity contribution in [3.63, 3.8) is 0 Å². The van der Waals surface area contributed by atoms with Crippen molar-refractivity contribution in [2.24, 2.45) is 0 Å². The van der Waals surface area contributed by atoms with Gasteiger partial charge in [0.05, 0.1) is 12.1 Å². The highest BCUT2D eigenvalue weighted by Gasteiger charge is 2.33. The van der Waals surface area contributed by atoms with E-state index in [1.807, 2.05) is 31.2 Å². The Hall–Kier alpha value is -2.21. The van der Waals surface area contributed by atoms with E-state index in [4.69, 9.17) is 11.6 Å². The molecule has 0 aliphatic rings. The van der Waals surface area contributed by atoms with E-state index in [-0.39, 0.29) is 17.3 Å². The summed E-state index contributed by atoms with van der Waals surface area (Å²) in [5.74, 6) is -0.403. The third kappa shape index (κ3) is 5.16. The first-order valence-corrected chi connectivity index (χ1v) is 7.56. The fourth-order valence-electron chi connectivity index (χ4n) is 2.17. The number of alkyl halides is 3. The number of anilines is 1. The van der Waals surface area contributed by atoms with Gasteiger partial charge in [-0.2, -0.15) is 13.2 Å². The molecular weight excluding hydrogens is 341 g/mol. The quantitative estimate of drug-likeness (QED) is 0.834. The first-order valence-electron chi connectivity index (χ1n) is 7.18. The molecule has 0 atom stereocenters. The lowest BCUT2D eigenvalue weighted by molar-refractivity contribution is -0.137. The molecule has 2 aromatic carbocycles. The summed E-state index contributed by atoms with van der Waals surface area (Å²) in [4.78, 5) is 11.8. The molecule has 0 bridgehead atoms. The zero-order valence-electron chi connectivity index (χ0n) is 12.9. The van der Waals surface area contributed by atoms with Crippen LogP contribution in [-0.2, 0) is 17.5 Å². The number of carbonyl (C=O) groups excluding carboxylic acids is 1. The van der Waals surface area contributed by atoms with Gasteiger partial charge < -0.3 is 10.6 Å². The lowest BCUT2D eigenvalue weighted by atomic mass is 10.1. The highest BCUT2D eigenvalue weighted by atomic mass is 35.5. The Bertz CT molecular complexity index is 732. The average Bonchev–Trinajstić information content (AvgIpc) is 2.51. The smallest absolute Gasteiger partial charge is 0.376 e. The van der Waals surface area contributed by atoms with Crippen LogP contribution in [-0.4, -0.2) is 12.5 Å². The number of amides is 1. The lowest BCUT2D eigenvalue weighted by Crippen LogP contribution is -2.29. The molecule has 3 nitrogen and oxygen atoms in total. The van der Waals surface area contributed by atoms with Crippen LogP contribution in [0.2, 0.25) is 5.02 Å². The van der Waals surface area contributed by atoms with E-state index >= 15 is 0 Å². The minimum Gasteiger partial charge on any atom is -0.376 e. The summed E-state index contributed by atoms with van der Waals surface area (Å²) in [6.45, 7) is 1.98. The second-order valence-corrected chi connectivity index (χ2v) is 5.74. The number of hydrogen-bond acceptors (Lipinski definition) is 2. The van der Waals surface area contributed by atoms with Gasteiger partial charge in [-0.25, -0.2) is 0 Å². The van der Waals surface area contributed by atoms with Crippen molar-refractivity contribution in [2.75, 3.05) is 11.9 Å².